The molecule has 2 aromatic rings. The first-order chi connectivity index (χ1) is 13.0. The quantitative estimate of drug-likeness (QED) is 0.745. The van der Waals surface area contributed by atoms with Gasteiger partial charge in [-0.15, -0.1) is 5.10 Å². The van der Waals surface area contributed by atoms with E-state index in [0.29, 0.717) is 43.9 Å². The number of aryl methyl sites for hydroxylation is 2. The van der Waals surface area contributed by atoms with E-state index < -0.39 is 0 Å². The van der Waals surface area contributed by atoms with Crippen LogP contribution in [-0.4, -0.2) is 60.6 Å². The zero-order chi connectivity index (χ0) is 19.1. The molecule has 27 heavy (non-hydrogen) atoms. The summed E-state index contributed by atoms with van der Waals surface area (Å²) in [5, 5.41) is 12.5. The van der Waals surface area contributed by atoms with Crippen molar-refractivity contribution in [1.29, 1.82) is 0 Å². The first kappa shape index (κ1) is 17.8. The van der Waals surface area contributed by atoms with Crippen LogP contribution in [-0.2, 0) is 22.7 Å². The highest BCUT2D eigenvalue weighted by atomic mass is 16.5. The Balaban J connectivity index is 1.38. The van der Waals surface area contributed by atoms with Crippen LogP contribution >= 0.6 is 0 Å². The van der Waals surface area contributed by atoms with Gasteiger partial charge < -0.3 is 9.64 Å². The van der Waals surface area contributed by atoms with Crippen molar-refractivity contribution in [3.8, 4) is 0 Å². The number of aromatic nitrogens is 5. The number of likely N-dealkylation sites (tertiary alicyclic amines) is 1. The van der Waals surface area contributed by atoms with Crippen LogP contribution < -0.4 is 0 Å². The first-order valence-electron chi connectivity index (χ1n) is 9.29. The summed E-state index contributed by atoms with van der Waals surface area (Å²) in [6.07, 6.45) is 2.85. The summed E-state index contributed by atoms with van der Waals surface area (Å²) < 4.78 is 9.62. The predicted octanol–water partition coefficient (Wildman–Crippen LogP) is 1.06. The molecule has 4 rings (SSSR count). The van der Waals surface area contributed by atoms with Crippen molar-refractivity contribution in [2.75, 3.05) is 13.1 Å². The summed E-state index contributed by atoms with van der Waals surface area (Å²) in [4.78, 5) is 26.3. The predicted molar refractivity (Wildman–Crippen MR) is 95.2 cm³/mol. The van der Waals surface area contributed by atoms with Crippen molar-refractivity contribution >= 4 is 11.7 Å². The van der Waals surface area contributed by atoms with E-state index in [1.807, 2.05) is 23.4 Å². The molecule has 9 heteroatoms. The van der Waals surface area contributed by atoms with Gasteiger partial charge in [0, 0.05) is 31.7 Å². The number of hydrogen-bond donors (Lipinski definition) is 0. The highest BCUT2D eigenvalue weighted by Crippen LogP contribution is 2.30. The number of hydrogen-bond acceptors (Lipinski definition) is 6. The Bertz CT molecular complexity index is 886. The summed E-state index contributed by atoms with van der Waals surface area (Å²) >= 11 is 0. The Morgan fingerprint density at radius 3 is 2.89 bits per heavy atom. The average Bonchev–Trinajstić information content (AvgIpc) is 3.23. The fourth-order valence-corrected chi connectivity index (χ4v) is 4.20. The lowest BCUT2D eigenvalue weighted by Crippen LogP contribution is -2.50. The molecule has 2 aromatic heterocycles. The molecule has 0 radical (unpaired) electrons. The van der Waals surface area contributed by atoms with E-state index in [4.69, 9.17) is 4.74 Å². The molecule has 2 aliphatic rings. The lowest BCUT2D eigenvalue weighted by molar-refractivity contribution is -0.139. The molecule has 0 unspecified atom stereocenters. The van der Waals surface area contributed by atoms with Gasteiger partial charge in [-0.05, 0) is 27.2 Å². The summed E-state index contributed by atoms with van der Waals surface area (Å²) in [6, 6.07) is 0.148. The molecule has 0 N–H and O–H groups in total. The summed E-state index contributed by atoms with van der Waals surface area (Å²) in [7, 11) is 0. The fourth-order valence-electron chi connectivity index (χ4n) is 4.20. The summed E-state index contributed by atoms with van der Waals surface area (Å²) in [5.41, 5.74) is 3.18. The van der Waals surface area contributed by atoms with Crippen molar-refractivity contribution in [3.05, 3.63) is 28.8 Å². The fraction of sp³-hybridized carbons (Fsp3) is 0.611. The Morgan fingerprint density at radius 2 is 2.15 bits per heavy atom. The maximum atomic E-state index is 12.7. The van der Waals surface area contributed by atoms with Crippen LogP contribution in [0.25, 0.3) is 0 Å². The van der Waals surface area contributed by atoms with Gasteiger partial charge in [-0.2, -0.15) is 5.10 Å². The lowest BCUT2D eigenvalue weighted by Gasteiger charge is -2.41. The molecule has 0 spiro atoms. The molecule has 9 nitrogen and oxygen atoms in total. The molecule has 2 atom stereocenters. The normalized spacial score (nSPS) is 21.7. The van der Waals surface area contributed by atoms with Gasteiger partial charge in [0.1, 0.15) is 0 Å². The number of nitrogens with zero attached hydrogens (tertiary/aromatic N) is 6. The van der Waals surface area contributed by atoms with E-state index in [2.05, 4.69) is 15.4 Å². The van der Waals surface area contributed by atoms with Gasteiger partial charge in [0.2, 0.25) is 5.91 Å². The highest BCUT2D eigenvalue weighted by molar-refractivity contribution is 5.96. The third kappa shape index (κ3) is 3.16. The second kappa shape index (κ2) is 6.88. The van der Waals surface area contributed by atoms with Crippen LogP contribution in [0.15, 0.2) is 6.20 Å². The van der Waals surface area contributed by atoms with Gasteiger partial charge in [-0.3, -0.25) is 14.3 Å². The van der Waals surface area contributed by atoms with Crippen LogP contribution in [0.2, 0.25) is 0 Å². The number of carbonyl (C=O) groups is 2. The topological polar surface area (TPSA) is 95.1 Å². The number of amides is 1. The monoisotopic (exact) mass is 372 g/mol. The maximum absolute atomic E-state index is 12.7. The van der Waals surface area contributed by atoms with Gasteiger partial charge in [0.05, 0.1) is 41.9 Å². The van der Waals surface area contributed by atoms with E-state index in [-0.39, 0.29) is 23.8 Å². The molecule has 144 valence electrons. The Kier molecular flexibility index (Phi) is 4.55. The molecular weight excluding hydrogens is 348 g/mol. The van der Waals surface area contributed by atoms with Crippen LogP contribution in [0.1, 0.15) is 53.2 Å². The number of carbonyl (C=O) groups excluding carboxylic acids is 2. The Labute approximate surface area is 157 Å². The summed E-state index contributed by atoms with van der Waals surface area (Å²) in [6.45, 7) is 7.44. The van der Waals surface area contributed by atoms with Crippen LogP contribution in [0.5, 0.6) is 0 Å². The second-order valence-electron chi connectivity index (χ2n) is 7.29. The van der Waals surface area contributed by atoms with Gasteiger partial charge in [-0.1, -0.05) is 5.21 Å². The van der Waals surface area contributed by atoms with Crippen molar-refractivity contribution < 1.29 is 14.3 Å². The molecular formula is C18H24N6O3. The van der Waals surface area contributed by atoms with Gasteiger partial charge >= 0.3 is 0 Å². The van der Waals surface area contributed by atoms with Crippen molar-refractivity contribution in [2.45, 2.75) is 58.9 Å². The molecule has 2 aliphatic heterocycles. The second-order valence-corrected chi connectivity index (χ2v) is 7.29. The third-order valence-electron chi connectivity index (χ3n) is 5.56. The number of piperidine rings is 1. The van der Waals surface area contributed by atoms with E-state index in [1.54, 1.807) is 17.8 Å². The van der Waals surface area contributed by atoms with E-state index >= 15 is 0 Å². The SMILES string of the molecule is CC(=O)c1c(C)nn(CCC(=O)N2CC[C@H]3[C@H](C2)OCc2cnnn23)c1C. The van der Waals surface area contributed by atoms with Crippen LogP contribution in [0.3, 0.4) is 0 Å². The van der Waals surface area contributed by atoms with Gasteiger partial charge in [-0.25, -0.2) is 4.68 Å². The number of Topliss-reactive ketones (excluding diaryl/α,β-unsaturated/α-hetero) is 1. The highest BCUT2D eigenvalue weighted by Gasteiger charge is 2.37. The van der Waals surface area contributed by atoms with Crippen molar-refractivity contribution in [1.82, 2.24) is 29.7 Å². The lowest BCUT2D eigenvalue weighted by atomic mass is 10.00. The minimum absolute atomic E-state index is 0.00609. The Hall–Kier alpha value is -2.55. The largest absolute Gasteiger partial charge is 0.368 e. The zero-order valence-electron chi connectivity index (χ0n) is 15.9. The molecule has 0 bridgehead atoms. The zero-order valence-corrected chi connectivity index (χ0v) is 15.9. The van der Waals surface area contributed by atoms with Crippen molar-refractivity contribution in [2.24, 2.45) is 0 Å². The standard InChI is InChI=1S/C18H24N6O3/c1-11-18(13(3)25)12(2)23(20-11)7-5-17(26)22-6-4-15-16(9-22)27-10-14-8-19-21-24(14)15/h8,15-16H,4-7,9-10H2,1-3H3/t15-,16-/m0/s1. The van der Waals surface area contributed by atoms with Gasteiger partial charge in [0.25, 0.3) is 0 Å². The van der Waals surface area contributed by atoms with E-state index in [1.165, 1.54) is 0 Å². The number of fused-ring (bicyclic) bond motifs is 3. The first-order valence-corrected chi connectivity index (χ1v) is 9.29. The third-order valence-corrected chi connectivity index (χ3v) is 5.56. The average molecular weight is 372 g/mol. The number of ketones is 1. The number of ether oxygens (including phenoxy) is 1. The van der Waals surface area contributed by atoms with E-state index in [9.17, 15) is 9.59 Å². The molecule has 1 fully saturated rings. The van der Waals surface area contributed by atoms with Gasteiger partial charge in [0.15, 0.2) is 5.78 Å². The summed E-state index contributed by atoms with van der Waals surface area (Å²) in [5.74, 6) is 0.0879. The molecule has 0 saturated carbocycles. The number of rotatable bonds is 4. The minimum Gasteiger partial charge on any atom is -0.368 e. The van der Waals surface area contributed by atoms with Crippen LogP contribution in [0.4, 0.5) is 0 Å². The minimum atomic E-state index is -0.0464. The van der Waals surface area contributed by atoms with Crippen molar-refractivity contribution in [3.63, 3.8) is 0 Å². The molecule has 0 aliphatic carbocycles. The van der Waals surface area contributed by atoms with Crippen LogP contribution in [0, 0.1) is 13.8 Å². The molecule has 1 saturated heterocycles. The molecule has 0 aromatic carbocycles. The molecule has 4 heterocycles. The smallest absolute Gasteiger partial charge is 0.224 e. The van der Waals surface area contributed by atoms with E-state index in [0.717, 1.165) is 17.8 Å². The molecule has 1 amide bonds. The maximum Gasteiger partial charge on any atom is 0.224 e. The Morgan fingerprint density at radius 1 is 1.33 bits per heavy atom.